The maximum absolute atomic E-state index is 12.3. The number of nitro groups is 1. The molecule has 0 atom stereocenters. The van der Waals surface area contributed by atoms with E-state index in [0.717, 1.165) is 40.7 Å². The third-order valence-corrected chi connectivity index (χ3v) is 4.89. The molecule has 0 bridgehead atoms. The van der Waals surface area contributed by atoms with Crippen LogP contribution in [0.15, 0.2) is 64.7 Å². The maximum atomic E-state index is 12.3. The average molecular weight is 358 g/mol. The summed E-state index contributed by atoms with van der Waals surface area (Å²) in [5.74, 6) is 0. The second kappa shape index (κ2) is 6.36. The molecule has 3 aromatic rings. The van der Waals surface area contributed by atoms with E-state index in [1.54, 1.807) is 13.1 Å². The van der Waals surface area contributed by atoms with Crippen molar-refractivity contribution in [1.29, 1.82) is 0 Å². The van der Waals surface area contributed by atoms with Crippen molar-refractivity contribution in [2.45, 2.75) is 11.8 Å². The van der Waals surface area contributed by atoms with E-state index >= 15 is 0 Å². The Bertz CT molecular complexity index is 1070. The van der Waals surface area contributed by atoms with Crippen LogP contribution >= 0.6 is 0 Å². The molecule has 8 nitrogen and oxygen atoms in total. The number of aromatic nitrogens is 1. The lowest BCUT2D eigenvalue weighted by molar-refractivity contribution is -0.384. The van der Waals surface area contributed by atoms with Gasteiger partial charge in [0.05, 0.1) is 15.5 Å². The van der Waals surface area contributed by atoms with E-state index in [2.05, 4.69) is 14.9 Å². The Morgan fingerprint density at radius 2 is 1.84 bits per heavy atom. The van der Waals surface area contributed by atoms with Crippen LogP contribution in [0.2, 0.25) is 0 Å². The lowest BCUT2D eigenvalue weighted by atomic mass is 10.1. The van der Waals surface area contributed by atoms with Gasteiger partial charge in [-0.2, -0.15) is 18.4 Å². The van der Waals surface area contributed by atoms with Gasteiger partial charge in [0.25, 0.3) is 15.7 Å². The van der Waals surface area contributed by atoms with Crippen molar-refractivity contribution in [3.63, 3.8) is 0 Å². The van der Waals surface area contributed by atoms with Gasteiger partial charge in [0.15, 0.2) is 0 Å². The van der Waals surface area contributed by atoms with Crippen molar-refractivity contribution in [2.75, 3.05) is 0 Å². The first-order valence-corrected chi connectivity index (χ1v) is 8.74. The standard InChI is InChI=1S/C16H14N4O4S/c1-11(15-10-17-16-5-3-2-4-14(15)16)18-19-25(23,24)13-8-6-12(7-9-13)20(21)22/h2-10,17,19H,1H3. The number of aromatic amines is 1. The number of benzene rings is 2. The fraction of sp³-hybridized carbons (Fsp3) is 0.0625. The van der Waals surface area contributed by atoms with Crippen molar-refractivity contribution < 1.29 is 13.3 Å². The van der Waals surface area contributed by atoms with Crippen molar-refractivity contribution in [3.05, 3.63) is 70.4 Å². The number of nitrogens with one attached hydrogen (secondary N) is 2. The summed E-state index contributed by atoms with van der Waals surface area (Å²) in [6.45, 7) is 1.69. The molecule has 128 valence electrons. The fourth-order valence-electron chi connectivity index (χ4n) is 2.36. The zero-order chi connectivity index (χ0) is 18.0. The molecule has 3 rings (SSSR count). The Hall–Kier alpha value is -3.20. The molecule has 0 spiro atoms. The van der Waals surface area contributed by atoms with Crippen LogP contribution in [-0.2, 0) is 10.0 Å². The topological polar surface area (TPSA) is 117 Å². The lowest BCUT2D eigenvalue weighted by Gasteiger charge is -2.05. The summed E-state index contributed by atoms with van der Waals surface area (Å²) >= 11 is 0. The molecule has 2 aromatic carbocycles. The minimum Gasteiger partial charge on any atom is -0.360 e. The van der Waals surface area contributed by atoms with E-state index in [9.17, 15) is 18.5 Å². The van der Waals surface area contributed by atoms with Crippen LogP contribution in [0.3, 0.4) is 0 Å². The number of hydrogen-bond donors (Lipinski definition) is 2. The fourth-order valence-corrected chi connectivity index (χ4v) is 3.22. The molecule has 1 heterocycles. The lowest BCUT2D eigenvalue weighted by Crippen LogP contribution is -2.19. The van der Waals surface area contributed by atoms with Crippen molar-refractivity contribution in [2.24, 2.45) is 5.10 Å². The molecule has 9 heteroatoms. The van der Waals surface area contributed by atoms with Gasteiger partial charge in [0.2, 0.25) is 0 Å². The number of hydrazone groups is 1. The summed E-state index contributed by atoms with van der Waals surface area (Å²) in [5, 5.41) is 15.5. The summed E-state index contributed by atoms with van der Waals surface area (Å²) in [4.78, 5) is 15.2. The smallest absolute Gasteiger partial charge is 0.276 e. The molecular formula is C16H14N4O4S. The van der Waals surface area contributed by atoms with Crippen molar-refractivity contribution in [1.82, 2.24) is 9.82 Å². The van der Waals surface area contributed by atoms with Gasteiger partial charge >= 0.3 is 0 Å². The minimum absolute atomic E-state index is 0.103. The molecule has 0 fully saturated rings. The monoisotopic (exact) mass is 358 g/mol. The highest BCUT2D eigenvalue weighted by Crippen LogP contribution is 2.19. The number of para-hydroxylation sites is 1. The van der Waals surface area contributed by atoms with Crippen LogP contribution in [0.1, 0.15) is 12.5 Å². The highest BCUT2D eigenvalue weighted by atomic mass is 32.2. The van der Waals surface area contributed by atoms with Crippen LogP contribution < -0.4 is 4.83 Å². The number of sulfonamides is 1. The van der Waals surface area contributed by atoms with Gasteiger partial charge in [-0.1, -0.05) is 18.2 Å². The van der Waals surface area contributed by atoms with Crippen LogP contribution in [0, 0.1) is 10.1 Å². The van der Waals surface area contributed by atoms with E-state index < -0.39 is 14.9 Å². The largest absolute Gasteiger partial charge is 0.360 e. The van der Waals surface area contributed by atoms with Crippen LogP contribution in [0.25, 0.3) is 10.9 Å². The zero-order valence-corrected chi connectivity index (χ0v) is 13.9. The Balaban J connectivity index is 1.85. The third-order valence-electron chi connectivity index (χ3n) is 3.67. The molecule has 25 heavy (non-hydrogen) atoms. The van der Waals surface area contributed by atoms with Crippen molar-refractivity contribution >= 4 is 32.3 Å². The normalized spacial score (nSPS) is 12.3. The van der Waals surface area contributed by atoms with E-state index in [1.807, 2.05) is 24.3 Å². The van der Waals surface area contributed by atoms with Gasteiger partial charge in [0.1, 0.15) is 0 Å². The molecule has 0 unspecified atom stereocenters. The molecule has 0 saturated heterocycles. The minimum atomic E-state index is -3.91. The molecule has 0 radical (unpaired) electrons. The Labute approximate surface area is 143 Å². The predicted molar refractivity (Wildman–Crippen MR) is 93.9 cm³/mol. The van der Waals surface area contributed by atoms with Crippen LogP contribution in [-0.4, -0.2) is 24.0 Å². The number of nitrogens with zero attached hydrogens (tertiary/aromatic N) is 2. The van der Waals surface area contributed by atoms with Crippen LogP contribution in [0.5, 0.6) is 0 Å². The van der Waals surface area contributed by atoms with E-state index in [-0.39, 0.29) is 10.6 Å². The summed E-state index contributed by atoms with van der Waals surface area (Å²) in [6.07, 6.45) is 1.75. The zero-order valence-electron chi connectivity index (χ0n) is 13.1. The number of nitro benzene ring substituents is 1. The van der Waals surface area contributed by atoms with Gasteiger partial charge in [-0.05, 0) is 25.1 Å². The van der Waals surface area contributed by atoms with E-state index in [4.69, 9.17) is 0 Å². The highest BCUT2D eigenvalue weighted by Gasteiger charge is 2.15. The van der Waals surface area contributed by atoms with Gasteiger partial charge in [-0.15, -0.1) is 0 Å². The first kappa shape index (κ1) is 16.7. The molecule has 0 amide bonds. The van der Waals surface area contributed by atoms with Gasteiger partial charge < -0.3 is 4.98 Å². The highest BCUT2D eigenvalue weighted by molar-refractivity contribution is 7.89. The maximum Gasteiger partial charge on any atom is 0.276 e. The van der Waals surface area contributed by atoms with Crippen LogP contribution in [0.4, 0.5) is 5.69 Å². The number of rotatable bonds is 5. The molecule has 0 aliphatic carbocycles. The summed E-state index contributed by atoms with van der Waals surface area (Å²) in [7, 11) is -3.91. The quantitative estimate of drug-likeness (QED) is 0.414. The van der Waals surface area contributed by atoms with Gasteiger partial charge in [0, 0.05) is 34.8 Å². The number of H-pyrrole nitrogens is 1. The van der Waals surface area contributed by atoms with Gasteiger partial charge in [-0.25, -0.2) is 0 Å². The molecule has 1 aromatic heterocycles. The second-order valence-corrected chi connectivity index (χ2v) is 6.95. The molecule has 2 N–H and O–H groups in total. The first-order chi connectivity index (χ1) is 11.9. The Morgan fingerprint density at radius 3 is 2.52 bits per heavy atom. The first-order valence-electron chi connectivity index (χ1n) is 7.25. The Kier molecular flexibility index (Phi) is 4.24. The van der Waals surface area contributed by atoms with E-state index in [1.165, 1.54) is 0 Å². The summed E-state index contributed by atoms with van der Waals surface area (Å²) in [5.41, 5.74) is 2.01. The number of non-ortho nitro benzene ring substituents is 1. The third kappa shape index (κ3) is 3.36. The second-order valence-electron chi connectivity index (χ2n) is 5.29. The summed E-state index contributed by atoms with van der Waals surface area (Å²) in [6, 6.07) is 12.2. The predicted octanol–water partition coefficient (Wildman–Crippen LogP) is 2.78. The summed E-state index contributed by atoms with van der Waals surface area (Å²) < 4.78 is 24.5. The SMILES string of the molecule is CC(=NNS(=O)(=O)c1ccc([N+](=O)[O-])cc1)c1c[nH]c2ccccc12. The molecule has 0 aliphatic heterocycles. The van der Waals surface area contributed by atoms with Crippen molar-refractivity contribution in [3.8, 4) is 0 Å². The molecule has 0 aliphatic rings. The van der Waals surface area contributed by atoms with Gasteiger partial charge in [-0.3, -0.25) is 10.1 Å². The molecular weight excluding hydrogens is 344 g/mol. The number of fused-ring (bicyclic) bond motifs is 1. The molecule has 0 saturated carbocycles. The Morgan fingerprint density at radius 1 is 1.16 bits per heavy atom. The van der Waals surface area contributed by atoms with E-state index in [0.29, 0.717) is 5.71 Å². The number of hydrogen-bond acceptors (Lipinski definition) is 5. The average Bonchev–Trinajstić information content (AvgIpc) is 3.04.